The number of H-pyrrole nitrogens is 1. The predicted octanol–water partition coefficient (Wildman–Crippen LogP) is 2.04. The second-order valence-electron chi connectivity index (χ2n) is 7.53. The highest BCUT2D eigenvalue weighted by atomic mass is 19.4. The van der Waals surface area contributed by atoms with Crippen LogP contribution in [0, 0.1) is 5.41 Å². The molecule has 0 aliphatic carbocycles. The molecule has 4 rings (SSSR count). The lowest BCUT2D eigenvalue weighted by Crippen LogP contribution is -2.46. The Balaban J connectivity index is 0.000000339. The number of likely N-dealkylation sites (tertiary alicyclic amines) is 1. The van der Waals surface area contributed by atoms with Crippen LogP contribution < -0.4 is 4.90 Å². The van der Waals surface area contributed by atoms with Gasteiger partial charge >= 0.3 is 12.1 Å². The van der Waals surface area contributed by atoms with Gasteiger partial charge < -0.3 is 15.0 Å². The number of carbonyl (C=O) groups excluding carboxylic acids is 2. The van der Waals surface area contributed by atoms with Crippen molar-refractivity contribution in [2.24, 2.45) is 12.5 Å². The molecule has 0 atom stereocenters. The summed E-state index contributed by atoms with van der Waals surface area (Å²) in [6.07, 6.45) is 2.54. The van der Waals surface area contributed by atoms with Crippen molar-refractivity contribution < 1.29 is 32.7 Å². The second-order valence-corrected chi connectivity index (χ2v) is 7.53. The minimum atomic E-state index is -5.08. The van der Waals surface area contributed by atoms with Crippen molar-refractivity contribution >= 4 is 23.6 Å². The number of aromatic nitrogens is 3. The van der Waals surface area contributed by atoms with E-state index < -0.39 is 12.1 Å². The predicted molar refractivity (Wildman–Crippen MR) is 102 cm³/mol. The zero-order chi connectivity index (χ0) is 22.8. The molecule has 0 aromatic carbocycles. The molecule has 2 N–H and O–H groups in total. The van der Waals surface area contributed by atoms with Crippen molar-refractivity contribution in [3.8, 4) is 0 Å². The number of carbonyl (C=O) groups is 3. The van der Waals surface area contributed by atoms with E-state index in [4.69, 9.17) is 9.90 Å². The molecule has 168 valence electrons. The number of aryl methyl sites for hydroxylation is 1. The minimum absolute atomic E-state index is 0.0399. The van der Waals surface area contributed by atoms with Crippen LogP contribution >= 0.6 is 0 Å². The Hall–Kier alpha value is -3.31. The lowest BCUT2D eigenvalue weighted by Gasteiger charge is -2.37. The number of hydrogen-bond donors (Lipinski definition) is 2. The van der Waals surface area contributed by atoms with Gasteiger partial charge in [0.15, 0.2) is 5.82 Å². The van der Waals surface area contributed by atoms with E-state index in [0.29, 0.717) is 25.2 Å². The SMILES string of the molecule is Cn1ccc(N2CCC3(CCN(C(=O)c4cc[nH]c4)CC3)C2=O)n1.O=C(O)C(F)(F)F. The first-order valence-electron chi connectivity index (χ1n) is 9.57. The number of carboxylic acids is 1. The first-order chi connectivity index (χ1) is 14.5. The molecule has 9 nitrogen and oxygen atoms in total. The Kier molecular flexibility index (Phi) is 6.09. The summed E-state index contributed by atoms with van der Waals surface area (Å²) in [5, 5.41) is 11.5. The van der Waals surface area contributed by atoms with Gasteiger partial charge in [0.25, 0.3) is 5.91 Å². The van der Waals surface area contributed by atoms with Crippen molar-refractivity contribution in [1.29, 1.82) is 0 Å². The quantitative estimate of drug-likeness (QED) is 0.741. The van der Waals surface area contributed by atoms with E-state index in [9.17, 15) is 22.8 Å². The summed E-state index contributed by atoms with van der Waals surface area (Å²) in [4.78, 5) is 40.9. The number of amides is 2. The number of rotatable bonds is 2. The number of piperidine rings is 1. The Bertz CT molecular complexity index is 946. The maximum Gasteiger partial charge on any atom is 0.490 e. The average molecular weight is 441 g/mol. The number of nitrogens with one attached hydrogen (secondary N) is 1. The molecule has 2 aliphatic rings. The number of hydrogen-bond acceptors (Lipinski definition) is 4. The third-order valence-corrected chi connectivity index (χ3v) is 5.58. The molecule has 2 aliphatic heterocycles. The Morgan fingerprint density at radius 2 is 1.77 bits per heavy atom. The number of aliphatic carboxylic acids is 1. The van der Waals surface area contributed by atoms with Crippen LogP contribution in [-0.4, -0.2) is 68.4 Å². The Morgan fingerprint density at radius 1 is 1.16 bits per heavy atom. The molecule has 0 bridgehead atoms. The summed E-state index contributed by atoms with van der Waals surface area (Å²) >= 11 is 0. The molecule has 2 aromatic heterocycles. The normalized spacial score (nSPS) is 18.1. The summed E-state index contributed by atoms with van der Waals surface area (Å²) in [6, 6.07) is 3.66. The van der Waals surface area contributed by atoms with E-state index in [1.807, 2.05) is 24.2 Å². The molecule has 31 heavy (non-hydrogen) atoms. The van der Waals surface area contributed by atoms with E-state index in [-0.39, 0.29) is 17.2 Å². The third-order valence-electron chi connectivity index (χ3n) is 5.58. The highest BCUT2D eigenvalue weighted by molar-refractivity contribution is 5.99. The smallest absolute Gasteiger partial charge is 0.475 e. The van der Waals surface area contributed by atoms with Crippen molar-refractivity contribution in [3.05, 3.63) is 36.3 Å². The van der Waals surface area contributed by atoms with Crippen LogP contribution in [-0.2, 0) is 16.6 Å². The first-order valence-corrected chi connectivity index (χ1v) is 9.57. The van der Waals surface area contributed by atoms with Gasteiger partial charge in [0, 0.05) is 51.3 Å². The van der Waals surface area contributed by atoms with E-state index in [2.05, 4.69) is 10.1 Å². The molecular weight excluding hydrogens is 419 g/mol. The van der Waals surface area contributed by atoms with E-state index in [0.717, 1.165) is 25.1 Å². The summed E-state index contributed by atoms with van der Waals surface area (Å²) in [5.74, 6) is -1.83. The fraction of sp³-hybridized carbons (Fsp3) is 0.474. The minimum Gasteiger partial charge on any atom is -0.475 e. The van der Waals surface area contributed by atoms with Crippen LogP contribution in [0.5, 0.6) is 0 Å². The zero-order valence-corrected chi connectivity index (χ0v) is 16.7. The van der Waals surface area contributed by atoms with Gasteiger partial charge in [-0.25, -0.2) is 4.79 Å². The molecule has 2 aromatic rings. The number of anilines is 1. The zero-order valence-electron chi connectivity index (χ0n) is 16.7. The summed E-state index contributed by atoms with van der Waals surface area (Å²) in [6.45, 7) is 1.97. The fourth-order valence-electron chi connectivity index (χ4n) is 3.83. The highest BCUT2D eigenvalue weighted by Gasteiger charge is 2.49. The van der Waals surface area contributed by atoms with Gasteiger partial charge in [-0.15, -0.1) is 0 Å². The van der Waals surface area contributed by atoms with E-state index >= 15 is 0 Å². The molecule has 4 heterocycles. The average Bonchev–Trinajstić information content (AvgIpc) is 3.45. The molecule has 0 unspecified atom stereocenters. The summed E-state index contributed by atoms with van der Waals surface area (Å²) in [5.41, 5.74) is 0.353. The maximum absolute atomic E-state index is 13.0. The van der Waals surface area contributed by atoms with Gasteiger partial charge in [0.05, 0.1) is 11.0 Å². The molecule has 12 heteroatoms. The maximum atomic E-state index is 13.0. The Labute approximate surface area is 175 Å². The number of halogens is 3. The molecular formula is C19H22F3N5O4. The van der Waals surface area contributed by atoms with Crippen LogP contribution in [0.2, 0.25) is 0 Å². The van der Waals surface area contributed by atoms with Gasteiger partial charge in [0.2, 0.25) is 5.91 Å². The van der Waals surface area contributed by atoms with Crippen LogP contribution in [0.3, 0.4) is 0 Å². The summed E-state index contributed by atoms with van der Waals surface area (Å²) in [7, 11) is 1.85. The van der Waals surface area contributed by atoms with Crippen LogP contribution in [0.15, 0.2) is 30.7 Å². The lowest BCUT2D eigenvalue weighted by molar-refractivity contribution is -0.192. The standard InChI is InChI=1S/C17H21N5O2.C2HF3O2/c1-20-8-3-14(19-20)22-11-6-17(16(22)24)4-9-21(10-5-17)15(23)13-2-7-18-12-13;3-2(4,5)1(6)7/h2-3,7-8,12,18H,4-6,9-11H2,1H3;(H,6,7). The molecule has 1 spiro atoms. The van der Waals surface area contributed by atoms with Gasteiger partial charge in [-0.05, 0) is 25.3 Å². The number of aromatic amines is 1. The van der Waals surface area contributed by atoms with Crippen molar-refractivity contribution in [2.45, 2.75) is 25.4 Å². The van der Waals surface area contributed by atoms with Crippen molar-refractivity contribution in [2.75, 3.05) is 24.5 Å². The van der Waals surface area contributed by atoms with Crippen molar-refractivity contribution in [3.63, 3.8) is 0 Å². The first kappa shape index (κ1) is 22.4. The second kappa shape index (κ2) is 8.44. The van der Waals surface area contributed by atoms with Crippen LogP contribution in [0.25, 0.3) is 0 Å². The number of carboxylic acid groups (broad SMARTS) is 1. The van der Waals surface area contributed by atoms with Gasteiger partial charge in [-0.3, -0.25) is 19.2 Å². The Morgan fingerprint density at radius 3 is 2.26 bits per heavy atom. The molecule has 2 fully saturated rings. The van der Waals surface area contributed by atoms with Crippen molar-refractivity contribution in [1.82, 2.24) is 19.7 Å². The largest absolute Gasteiger partial charge is 0.490 e. The molecule has 2 saturated heterocycles. The van der Waals surface area contributed by atoms with Gasteiger partial charge in [-0.1, -0.05) is 0 Å². The third kappa shape index (κ3) is 4.72. The monoisotopic (exact) mass is 441 g/mol. The number of alkyl halides is 3. The van der Waals surface area contributed by atoms with Gasteiger partial charge in [-0.2, -0.15) is 18.3 Å². The molecule has 0 saturated carbocycles. The fourth-order valence-corrected chi connectivity index (χ4v) is 3.83. The van der Waals surface area contributed by atoms with E-state index in [1.165, 1.54) is 0 Å². The van der Waals surface area contributed by atoms with Crippen LogP contribution in [0.4, 0.5) is 19.0 Å². The molecule has 2 amide bonds. The number of nitrogens with zero attached hydrogens (tertiary/aromatic N) is 4. The lowest BCUT2D eigenvalue weighted by atomic mass is 9.77. The van der Waals surface area contributed by atoms with Gasteiger partial charge in [0.1, 0.15) is 0 Å². The van der Waals surface area contributed by atoms with Crippen LogP contribution in [0.1, 0.15) is 29.6 Å². The van der Waals surface area contributed by atoms with E-state index in [1.54, 1.807) is 28.0 Å². The topological polar surface area (TPSA) is 112 Å². The highest BCUT2D eigenvalue weighted by Crippen LogP contribution is 2.42. The molecule has 0 radical (unpaired) electrons. The summed E-state index contributed by atoms with van der Waals surface area (Å²) < 4.78 is 33.5.